The van der Waals surface area contributed by atoms with Crippen molar-refractivity contribution in [2.75, 3.05) is 0 Å². The summed E-state index contributed by atoms with van der Waals surface area (Å²) in [5.74, 6) is 0. The van der Waals surface area contributed by atoms with E-state index in [1.165, 1.54) is 15.8 Å². The highest BCUT2D eigenvalue weighted by Crippen LogP contribution is 2.20. The largest absolute Gasteiger partial charge is 0.261 e. The molecular formula is C9H9NS. The predicted molar refractivity (Wildman–Crippen MR) is 49.0 cm³/mol. The van der Waals surface area contributed by atoms with Crippen molar-refractivity contribution in [3.63, 3.8) is 0 Å². The Labute approximate surface area is 69.7 Å². The number of hydrogen-bond donors (Lipinski definition) is 0. The van der Waals surface area contributed by atoms with Crippen molar-refractivity contribution in [3.8, 4) is 0 Å². The van der Waals surface area contributed by atoms with E-state index in [9.17, 15) is 0 Å². The number of pyridine rings is 1. The van der Waals surface area contributed by atoms with Crippen molar-refractivity contribution in [1.82, 2.24) is 4.98 Å². The van der Waals surface area contributed by atoms with Crippen molar-refractivity contribution in [2.24, 2.45) is 0 Å². The van der Waals surface area contributed by atoms with Crippen molar-refractivity contribution in [2.45, 2.75) is 13.3 Å². The van der Waals surface area contributed by atoms with Crippen LogP contribution in [0.15, 0.2) is 23.7 Å². The molecule has 0 aliphatic carbocycles. The minimum Gasteiger partial charge on any atom is -0.261 e. The first-order valence-electron chi connectivity index (χ1n) is 3.72. The van der Waals surface area contributed by atoms with Crippen LogP contribution in [0.1, 0.15) is 12.6 Å². The summed E-state index contributed by atoms with van der Waals surface area (Å²) in [6.07, 6.45) is 2.97. The molecule has 0 atom stereocenters. The Balaban J connectivity index is 2.67. The Bertz CT molecular complexity index is 364. The van der Waals surface area contributed by atoms with Crippen LogP contribution in [0.2, 0.25) is 0 Å². The van der Waals surface area contributed by atoms with Gasteiger partial charge in [0, 0.05) is 22.0 Å². The molecule has 2 rings (SSSR count). The average Bonchev–Trinajstić information content (AvgIpc) is 2.50. The second-order valence-electron chi connectivity index (χ2n) is 2.49. The standard InChI is InChI=1S/C9H9NS/c1-2-8-5-9-7(6-10-8)3-4-11-9/h3-6H,2H2,1H3. The van der Waals surface area contributed by atoms with E-state index in [4.69, 9.17) is 0 Å². The van der Waals surface area contributed by atoms with Gasteiger partial charge in [-0.2, -0.15) is 0 Å². The van der Waals surface area contributed by atoms with Crippen LogP contribution in [0.25, 0.3) is 10.1 Å². The highest BCUT2D eigenvalue weighted by molar-refractivity contribution is 7.17. The van der Waals surface area contributed by atoms with Gasteiger partial charge < -0.3 is 0 Å². The molecule has 0 aromatic carbocycles. The first-order valence-corrected chi connectivity index (χ1v) is 4.60. The highest BCUT2D eigenvalue weighted by atomic mass is 32.1. The van der Waals surface area contributed by atoms with Crippen LogP contribution < -0.4 is 0 Å². The fraction of sp³-hybridized carbons (Fsp3) is 0.222. The third-order valence-corrected chi connectivity index (χ3v) is 2.64. The summed E-state index contributed by atoms with van der Waals surface area (Å²) in [4.78, 5) is 4.30. The zero-order chi connectivity index (χ0) is 7.68. The van der Waals surface area contributed by atoms with Gasteiger partial charge >= 0.3 is 0 Å². The van der Waals surface area contributed by atoms with E-state index in [1.54, 1.807) is 11.3 Å². The number of fused-ring (bicyclic) bond motifs is 1. The lowest BCUT2D eigenvalue weighted by Gasteiger charge is -1.93. The summed E-state index contributed by atoms with van der Waals surface area (Å²) in [7, 11) is 0. The second-order valence-corrected chi connectivity index (χ2v) is 3.44. The Morgan fingerprint density at radius 2 is 2.45 bits per heavy atom. The van der Waals surface area contributed by atoms with E-state index in [2.05, 4.69) is 29.4 Å². The van der Waals surface area contributed by atoms with E-state index in [-0.39, 0.29) is 0 Å². The molecule has 11 heavy (non-hydrogen) atoms. The van der Waals surface area contributed by atoms with Crippen molar-refractivity contribution in [1.29, 1.82) is 0 Å². The van der Waals surface area contributed by atoms with Crippen LogP contribution in [0.3, 0.4) is 0 Å². The molecule has 0 radical (unpaired) electrons. The molecule has 0 fully saturated rings. The summed E-state index contributed by atoms with van der Waals surface area (Å²) in [5.41, 5.74) is 1.18. The predicted octanol–water partition coefficient (Wildman–Crippen LogP) is 2.86. The molecule has 0 saturated carbocycles. The van der Waals surface area contributed by atoms with Crippen LogP contribution in [-0.2, 0) is 6.42 Å². The molecule has 0 aliphatic heterocycles. The molecular weight excluding hydrogens is 154 g/mol. The molecule has 0 aliphatic rings. The maximum absolute atomic E-state index is 4.30. The lowest BCUT2D eigenvalue weighted by Crippen LogP contribution is -1.82. The average molecular weight is 163 g/mol. The van der Waals surface area contributed by atoms with Crippen LogP contribution >= 0.6 is 11.3 Å². The number of thiophene rings is 1. The zero-order valence-corrected chi connectivity index (χ0v) is 7.19. The Morgan fingerprint density at radius 3 is 3.27 bits per heavy atom. The highest BCUT2D eigenvalue weighted by Gasteiger charge is 1.95. The minimum atomic E-state index is 1.02. The smallest absolute Gasteiger partial charge is 0.0415 e. The fourth-order valence-electron chi connectivity index (χ4n) is 1.09. The van der Waals surface area contributed by atoms with Gasteiger partial charge in [0.1, 0.15) is 0 Å². The van der Waals surface area contributed by atoms with Crippen molar-refractivity contribution in [3.05, 3.63) is 29.4 Å². The summed E-state index contributed by atoms with van der Waals surface area (Å²) >= 11 is 1.78. The van der Waals surface area contributed by atoms with Crippen molar-refractivity contribution < 1.29 is 0 Å². The lowest BCUT2D eigenvalue weighted by atomic mass is 10.2. The van der Waals surface area contributed by atoms with Crippen LogP contribution in [-0.4, -0.2) is 4.98 Å². The SMILES string of the molecule is CCc1cc2sccc2cn1. The normalized spacial score (nSPS) is 10.6. The number of aryl methyl sites for hydroxylation is 1. The molecule has 2 heteroatoms. The third kappa shape index (κ3) is 1.14. The van der Waals surface area contributed by atoms with E-state index in [0.29, 0.717) is 0 Å². The molecule has 56 valence electrons. The number of rotatable bonds is 1. The molecule has 2 heterocycles. The maximum Gasteiger partial charge on any atom is 0.0415 e. The number of hydrogen-bond acceptors (Lipinski definition) is 2. The summed E-state index contributed by atoms with van der Waals surface area (Å²) < 4.78 is 1.34. The Hall–Kier alpha value is -0.890. The molecule has 0 unspecified atom stereocenters. The van der Waals surface area contributed by atoms with Gasteiger partial charge in [-0.05, 0) is 23.9 Å². The van der Waals surface area contributed by atoms with Gasteiger partial charge in [0.2, 0.25) is 0 Å². The summed E-state index contributed by atoms with van der Waals surface area (Å²) in [6, 6.07) is 4.27. The molecule has 1 nitrogen and oxygen atoms in total. The maximum atomic E-state index is 4.30. The van der Waals surface area contributed by atoms with Gasteiger partial charge in [0.15, 0.2) is 0 Å². The van der Waals surface area contributed by atoms with Gasteiger partial charge in [-0.15, -0.1) is 11.3 Å². The third-order valence-electron chi connectivity index (χ3n) is 1.76. The Kier molecular flexibility index (Phi) is 1.62. The summed E-state index contributed by atoms with van der Waals surface area (Å²) in [5, 5.41) is 3.36. The number of nitrogens with zero attached hydrogens (tertiary/aromatic N) is 1. The topological polar surface area (TPSA) is 12.9 Å². The second kappa shape index (κ2) is 2.62. The molecule has 2 aromatic heterocycles. The van der Waals surface area contributed by atoms with Gasteiger partial charge in [0.05, 0.1) is 0 Å². The Morgan fingerprint density at radius 1 is 1.55 bits per heavy atom. The molecule has 0 N–H and O–H groups in total. The fourth-order valence-corrected chi connectivity index (χ4v) is 1.91. The van der Waals surface area contributed by atoms with Gasteiger partial charge in [-0.25, -0.2) is 0 Å². The van der Waals surface area contributed by atoms with Gasteiger partial charge in [-0.1, -0.05) is 6.92 Å². The van der Waals surface area contributed by atoms with Crippen LogP contribution in [0.5, 0.6) is 0 Å². The van der Waals surface area contributed by atoms with Gasteiger partial charge in [-0.3, -0.25) is 4.98 Å². The molecule has 0 amide bonds. The van der Waals surface area contributed by atoms with Crippen LogP contribution in [0.4, 0.5) is 0 Å². The van der Waals surface area contributed by atoms with E-state index >= 15 is 0 Å². The van der Waals surface area contributed by atoms with E-state index in [0.717, 1.165) is 6.42 Å². The van der Waals surface area contributed by atoms with Crippen LogP contribution in [0, 0.1) is 0 Å². The van der Waals surface area contributed by atoms with Gasteiger partial charge in [0.25, 0.3) is 0 Å². The van der Waals surface area contributed by atoms with E-state index < -0.39 is 0 Å². The quantitative estimate of drug-likeness (QED) is 0.630. The minimum absolute atomic E-state index is 1.02. The molecule has 0 spiro atoms. The van der Waals surface area contributed by atoms with Crippen molar-refractivity contribution >= 4 is 21.4 Å². The monoisotopic (exact) mass is 163 g/mol. The molecule has 2 aromatic rings. The molecule has 0 saturated heterocycles. The van der Waals surface area contributed by atoms with E-state index in [1.807, 2.05) is 6.20 Å². The summed E-state index contributed by atoms with van der Waals surface area (Å²) in [6.45, 7) is 2.13. The number of aromatic nitrogens is 1. The first kappa shape index (κ1) is 6.80. The lowest BCUT2D eigenvalue weighted by molar-refractivity contribution is 1.05. The zero-order valence-electron chi connectivity index (χ0n) is 6.37. The molecule has 0 bridgehead atoms. The first-order chi connectivity index (χ1) is 5.40.